The standard InChI is InChI=1S/C45H91NO8Si2/c1-15-16-17-18-19-20-21-22-26-35-51-41(49)32-27-30-39(54-56(13,14)45(8,9)10)37-46(34-28-33-42(50)52-43(2,3)4)36-38(29-24-23-25-31-40(47)48)53-55(11,12)44(5,6)7/h38-39H,15-37H2,1-14H3,(H,47,48). The van der Waals surface area contributed by atoms with Crippen LogP contribution in [0.5, 0.6) is 0 Å². The van der Waals surface area contributed by atoms with Crippen molar-refractivity contribution in [1.29, 1.82) is 0 Å². The highest BCUT2D eigenvalue weighted by Crippen LogP contribution is 2.39. The van der Waals surface area contributed by atoms with E-state index in [0.29, 0.717) is 58.3 Å². The highest BCUT2D eigenvalue weighted by Gasteiger charge is 2.41. The van der Waals surface area contributed by atoms with Gasteiger partial charge in [-0.25, -0.2) is 0 Å². The lowest BCUT2D eigenvalue weighted by Crippen LogP contribution is -2.50. The van der Waals surface area contributed by atoms with Gasteiger partial charge in [0.25, 0.3) is 0 Å². The summed E-state index contributed by atoms with van der Waals surface area (Å²) in [5, 5.41) is 9.23. The maximum Gasteiger partial charge on any atom is 0.306 e. The van der Waals surface area contributed by atoms with Gasteiger partial charge in [-0.15, -0.1) is 0 Å². The molecule has 0 aromatic heterocycles. The van der Waals surface area contributed by atoms with Crippen molar-refractivity contribution in [3.63, 3.8) is 0 Å². The second-order valence-corrected chi connectivity index (χ2v) is 29.9. The smallest absolute Gasteiger partial charge is 0.306 e. The molecule has 0 aliphatic rings. The van der Waals surface area contributed by atoms with Gasteiger partial charge in [-0.2, -0.15) is 0 Å². The summed E-state index contributed by atoms with van der Waals surface area (Å²) < 4.78 is 25.5. The highest BCUT2D eigenvalue weighted by atomic mass is 28.4. The van der Waals surface area contributed by atoms with Gasteiger partial charge in [-0.1, -0.05) is 113 Å². The SMILES string of the molecule is CCCCCCCCCCCOC(=O)CCCC(CN(CCCC(=O)OC(C)(C)C)CC(CCCCCC(=O)O)O[Si](C)(C)C(C)(C)C)O[Si](C)(C)C(C)(C)C. The van der Waals surface area contributed by atoms with E-state index in [1.807, 2.05) is 20.8 Å². The molecule has 9 nitrogen and oxygen atoms in total. The zero-order valence-corrected chi connectivity index (χ0v) is 41.2. The molecule has 332 valence electrons. The summed E-state index contributed by atoms with van der Waals surface area (Å²) in [7, 11) is -4.30. The molecule has 0 saturated carbocycles. The first kappa shape index (κ1) is 54.7. The molecule has 2 unspecified atom stereocenters. The van der Waals surface area contributed by atoms with Crippen LogP contribution in [-0.4, -0.2) is 88.6 Å². The maximum absolute atomic E-state index is 12.8. The minimum absolute atomic E-state index is 0.0190. The summed E-state index contributed by atoms with van der Waals surface area (Å²) in [6.45, 7) is 33.2. The van der Waals surface area contributed by atoms with Crippen molar-refractivity contribution in [1.82, 2.24) is 4.90 Å². The van der Waals surface area contributed by atoms with E-state index in [1.165, 1.54) is 44.9 Å². The molecule has 0 rings (SSSR count). The molecule has 0 fully saturated rings. The molecule has 0 saturated heterocycles. The van der Waals surface area contributed by atoms with Gasteiger partial charge in [0.2, 0.25) is 0 Å². The molecule has 1 N–H and O–H groups in total. The number of ether oxygens (including phenoxy) is 2. The van der Waals surface area contributed by atoms with E-state index in [0.717, 1.165) is 38.5 Å². The van der Waals surface area contributed by atoms with E-state index in [-0.39, 0.29) is 40.6 Å². The van der Waals surface area contributed by atoms with Crippen LogP contribution < -0.4 is 0 Å². The van der Waals surface area contributed by atoms with E-state index < -0.39 is 28.2 Å². The van der Waals surface area contributed by atoms with Gasteiger partial charge in [0.1, 0.15) is 5.60 Å². The zero-order chi connectivity index (χ0) is 43.1. The van der Waals surface area contributed by atoms with Gasteiger partial charge in [0.15, 0.2) is 16.6 Å². The second-order valence-electron chi connectivity index (χ2n) is 20.4. The quantitative estimate of drug-likeness (QED) is 0.0402. The largest absolute Gasteiger partial charge is 0.481 e. The number of carbonyl (C=O) groups is 3. The fourth-order valence-corrected chi connectivity index (χ4v) is 8.96. The van der Waals surface area contributed by atoms with Gasteiger partial charge in [-0.3, -0.25) is 19.3 Å². The summed E-state index contributed by atoms with van der Waals surface area (Å²) in [6, 6.07) is 0. The minimum Gasteiger partial charge on any atom is -0.481 e. The number of rotatable bonds is 32. The summed E-state index contributed by atoms with van der Waals surface area (Å²) in [6.07, 6.45) is 17.2. The lowest BCUT2D eigenvalue weighted by atomic mass is 10.1. The topological polar surface area (TPSA) is 112 Å². The van der Waals surface area contributed by atoms with Crippen LogP contribution in [0.1, 0.15) is 191 Å². The molecule has 11 heteroatoms. The van der Waals surface area contributed by atoms with Crippen molar-refractivity contribution in [2.45, 2.75) is 245 Å². The molecule has 2 atom stereocenters. The number of esters is 2. The Kier molecular flexibility index (Phi) is 26.9. The predicted octanol–water partition coefficient (Wildman–Crippen LogP) is 12.5. The van der Waals surface area contributed by atoms with Crippen LogP contribution in [0.25, 0.3) is 0 Å². The Balaban J connectivity index is 5.93. The monoisotopic (exact) mass is 830 g/mol. The Morgan fingerprint density at radius 2 is 1.02 bits per heavy atom. The molecular weight excluding hydrogens is 739 g/mol. The fraction of sp³-hybridized carbons (Fsp3) is 0.933. The molecule has 0 aliphatic heterocycles. The van der Waals surface area contributed by atoms with Crippen LogP contribution in [0, 0.1) is 0 Å². The van der Waals surface area contributed by atoms with Gasteiger partial charge < -0.3 is 23.4 Å². The maximum atomic E-state index is 12.8. The van der Waals surface area contributed by atoms with Crippen molar-refractivity contribution < 1.29 is 37.8 Å². The second kappa shape index (κ2) is 27.5. The number of hydrogen-bond donors (Lipinski definition) is 1. The van der Waals surface area contributed by atoms with Gasteiger partial charge in [0, 0.05) is 32.4 Å². The number of hydrogen-bond acceptors (Lipinski definition) is 8. The van der Waals surface area contributed by atoms with E-state index >= 15 is 0 Å². The van der Waals surface area contributed by atoms with Crippen LogP contribution in [-0.2, 0) is 32.7 Å². The van der Waals surface area contributed by atoms with E-state index in [1.54, 1.807) is 0 Å². The molecule has 0 radical (unpaired) electrons. The molecule has 0 aliphatic carbocycles. The van der Waals surface area contributed by atoms with Crippen LogP contribution in [0.4, 0.5) is 0 Å². The average molecular weight is 830 g/mol. The van der Waals surface area contributed by atoms with Crippen molar-refractivity contribution in [2.75, 3.05) is 26.2 Å². The summed E-state index contributed by atoms with van der Waals surface area (Å²) in [4.78, 5) is 39.2. The Morgan fingerprint density at radius 1 is 0.571 bits per heavy atom. The molecule has 56 heavy (non-hydrogen) atoms. The third-order valence-corrected chi connectivity index (χ3v) is 20.6. The number of carboxylic acid groups (broad SMARTS) is 1. The average Bonchev–Trinajstić information content (AvgIpc) is 3.03. The summed E-state index contributed by atoms with van der Waals surface area (Å²) in [5.74, 6) is -1.08. The Morgan fingerprint density at radius 3 is 1.48 bits per heavy atom. The minimum atomic E-state index is -2.17. The number of carboxylic acids is 1. The molecule has 0 aromatic carbocycles. The fourth-order valence-electron chi connectivity index (χ4n) is 6.20. The highest BCUT2D eigenvalue weighted by molar-refractivity contribution is 6.74. The number of nitrogens with zero attached hydrogens (tertiary/aromatic N) is 1. The Hall–Kier alpha value is -1.28. The number of unbranched alkanes of at least 4 members (excludes halogenated alkanes) is 10. The Labute approximate surface area is 347 Å². The molecule has 0 bridgehead atoms. The first-order valence-electron chi connectivity index (χ1n) is 22.5. The normalized spacial score (nSPS) is 14.2. The van der Waals surface area contributed by atoms with Crippen molar-refractivity contribution in [3.05, 3.63) is 0 Å². The van der Waals surface area contributed by atoms with Gasteiger partial charge in [-0.05, 0) is 102 Å². The van der Waals surface area contributed by atoms with Gasteiger partial charge in [0.05, 0.1) is 18.8 Å². The molecular formula is C45H91NO8Si2. The van der Waals surface area contributed by atoms with Gasteiger partial charge >= 0.3 is 17.9 Å². The van der Waals surface area contributed by atoms with Crippen molar-refractivity contribution in [3.8, 4) is 0 Å². The Bertz CT molecular complexity index is 1080. The number of aliphatic carboxylic acids is 1. The third kappa shape index (κ3) is 27.4. The lowest BCUT2D eigenvalue weighted by molar-refractivity contribution is -0.155. The van der Waals surface area contributed by atoms with Crippen LogP contribution in [0.3, 0.4) is 0 Å². The van der Waals surface area contributed by atoms with Crippen LogP contribution >= 0.6 is 0 Å². The predicted molar refractivity (Wildman–Crippen MR) is 238 cm³/mol. The molecule has 0 aromatic rings. The zero-order valence-electron chi connectivity index (χ0n) is 39.2. The van der Waals surface area contributed by atoms with E-state index in [2.05, 4.69) is 79.6 Å². The van der Waals surface area contributed by atoms with Crippen LogP contribution in [0.2, 0.25) is 36.3 Å². The van der Waals surface area contributed by atoms with Crippen molar-refractivity contribution in [2.24, 2.45) is 0 Å². The lowest BCUT2D eigenvalue weighted by Gasteiger charge is -2.42. The first-order chi connectivity index (χ1) is 25.8. The molecule has 0 amide bonds. The van der Waals surface area contributed by atoms with E-state index in [4.69, 9.17) is 18.3 Å². The first-order valence-corrected chi connectivity index (χ1v) is 28.3. The summed E-state index contributed by atoms with van der Waals surface area (Å²) >= 11 is 0. The van der Waals surface area contributed by atoms with E-state index in [9.17, 15) is 19.5 Å². The van der Waals surface area contributed by atoms with Crippen LogP contribution in [0.15, 0.2) is 0 Å². The molecule has 0 heterocycles. The van der Waals surface area contributed by atoms with Crippen molar-refractivity contribution >= 4 is 34.5 Å². The number of carbonyl (C=O) groups excluding carboxylic acids is 2. The molecule has 0 spiro atoms. The third-order valence-electron chi connectivity index (χ3n) is 11.6. The summed E-state index contributed by atoms with van der Waals surface area (Å²) in [5.41, 5.74) is -0.531.